The van der Waals surface area contributed by atoms with Crippen molar-refractivity contribution in [1.82, 2.24) is 4.90 Å². The Bertz CT molecular complexity index is 731. The molecule has 132 valence electrons. The first-order valence-electron chi connectivity index (χ1n) is 9.15. The first kappa shape index (κ1) is 17.0. The Hall–Kier alpha value is -1.49. The van der Waals surface area contributed by atoms with Crippen LogP contribution in [0.4, 0.5) is 0 Å². The van der Waals surface area contributed by atoms with Crippen LogP contribution in [0.5, 0.6) is 0 Å². The monoisotopic (exact) mass is 355 g/mol. The Balaban J connectivity index is 1.48. The predicted molar refractivity (Wildman–Crippen MR) is 101 cm³/mol. The van der Waals surface area contributed by atoms with Gasteiger partial charge in [0.2, 0.25) is 0 Å². The number of thiophene rings is 1. The Morgan fingerprint density at radius 1 is 1.24 bits per heavy atom. The number of carbonyl (C=O) groups is 1. The normalized spacial score (nSPS) is 22.7. The molecule has 0 amide bonds. The molecule has 1 saturated heterocycles. The number of benzene rings is 1. The van der Waals surface area contributed by atoms with E-state index in [1.807, 2.05) is 11.3 Å². The van der Waals surface area contributed by atoms with Crippen molar-refractivity contribution in [2.75, 3.05) is 13.1 Å². The summed E-state index contributed by atoms with van der Waals surface area (Å²) in [5.74, 6) is 0.224. The highest BCUT2D eigenvalue weighted by Gasteiger charge is 2.44. The lowest BCUT2D eigenvalue weighted by Gasteiger charge is -2.46. The number of piperidine rings is 1. The third kappa shape index (κ3) is 3.57. The third-order valence-corrected chi connectivity index (χ3v) is 6.41. The summed E-state index contributed by atoms with van der Waals surface area (Å²) in [5, 5.41) is 2.18. The summed E-state index contributed by atoms with van der Waals surface area (Å²) < 4.78 is 6.57. The van der Waals surface area contributed by atoms with Crippen LogP contribution in [0.25, 0.3) is 0 Å². The van der Waals surface area contributed by atoms with Gasteiger partial charge in [-0.2, -0.15) is 0 Å². The summed E-state index contributed by atoms with van der Waals surface area (Å²) in [5.41, 5.74) is 2.58. The smallest absolute Gasteiger partial charge is 0.132 e. The Morgan fingerprint density at radius 2 is 2.00 bits per heavy atom. The number of ether oxygens (including phenoxy) is 1. The second-order valence-electron chi connectivity index (χ2n) is 7.36. The molecule has 1 aromatic heterocycles. The van der Waals surface area contributed by atoms with Gasteiger partial charge in [0.05, 0.1) is 11.7 Å². The van der Waals surface area contributed by atoms with Crippen LogP contribution in [0.15, 0.2) is 41.8 Å². The fraction of sp³-hybridized carbons (Fsp3) is 0.476. The van der Waals surface area contributed by atoms with Gasteiger partial charge in [-0.3, -0.25) is 9.69 Å². The van der Waals surface area contributed by atoms with E-state index < -0.39 is 0 Å². The van der Waals surface area contributed by atoms with Gasteiger partial charge in [0, 0.05) is 37.4 Å². The number of rotatable bonds is 4. The van der Waals surface area contributed by atoms with Crippen LogP contribution in [0.1, 0.15) is 42.2 Å². The number of hydrogen-bond donors (Lipinski definition) is 0. The Morgan fingerprint density at radius 3 is 2.72 bits per heavy atom. The molecule has 0 aliphatic carbocycles. The van der Waals surface area contributed by atoms with E-state index in [9.17, 15) is 4.79 Å². The van der Waals surface area contributed by atoms with E-state index in [1.54, 1.807) is 6.92 Å². The fourth-order valence-corrected chi connectivity index (χ4v) is 5.30. The maximum Gasteiger partial charge on any atom is 0.132 e. The molecular weight excluding hydrogens is 330 g/mol. The highest BCUT2D eigenvalue weighted by atomic mass is 32.1. The van der Waals surface area contributed by atoms with Crippen LogP contribution in [-0.4, -0.2) is 29.9 Å². The summed E-state index contributed by atoms with van der Waals surface area (Å²) in [6.07, 6.45) is 3.49. The average Bonchev–Trinajstić information content (AvgIpc) is 3.07. The van der Waals surface area contributed by atoms with Crippen LogP contribution in [0.3, 0.4) is 0 Å². The summed E-state index contributed by atoms with van der Waals surface area (Å²) in [6.45, 7) is 4.75. The maximum atomic E-state index is 11.6. The van der Waals surface area contributed by atoms with Crippen molar-refractivity contribution in [3.8, 4) is 0 Å². The van der Waals surface area contributed by atoms with Crippen molar-refractivity contribution in [1.29, 1.82) is 0 Å². The molecule has 2 aliphatic rings. The zero-order valence-corrected chi connectivity index (χ0v) is 15.6. The number of fused-ring (bicyclic) bond motifs is 2. The molecule has 1 fully saturated rings. The van der Waals surface area contributed by atoms with Gasteiger partial charge < -0.3 is 4.74 Å². The first-order valence-corrected chi connectivity index (χ1v) is 10.0. The number of Topliss-reactive ketones (excluding diaryl/α,β-unsaturated/α-hetero) is 1. The number of likely N-dealkylation sites (tertiary alicyclic amines) is 1. The third-order valence-electron chi connectivity index (χ3n) is 5.47. The summed E-state index contributed by atoms with van der Waals surface area (Å²) in [6, 6.07) is 12.9. The van der Waals surface area contributed by atoms with E-state index in [0.29, 0.717) is 6.42 Å². The molecule has 2 aliphatic heterocycles. The quantitative estimate of drug-likeness (QED) is 0.825. The van der Waals surface area contributed by atoms with Gasteiger partial charge in [0.1, 0.15) is 5.78 Å². The SMILES string of the molecule is CC(=O)C[C@H]1Cc2sccc2C2(CCN(Cc3ccccc3)CC2)O1. The van der Waals surface area contributed by atoms with E-state index in [1.165, 1.54) is 16.0 Å². The second kappa shape index (κ2) is 7.02. The molecule has 4 heteroatoms. The molecule has 0 saturated carbocycles. The zero-order valence-electron chi connectivity index (χ0n) is 14.7. The lowest BCUT2D eigenvalue weighted by Crippen LogP contribution is -2.48. The number of ketones is 1. The number of nitrogens with zero attached hydrogens (tertiary/aromatic N) is 1. The van der Waals surface area contributed by atoms with Crippen LogP contribution < -0.4 is 0 Å². The molecule has 1 spiro atoms. The van der Waals surface area contributed by atoms with Crippen molar-refractivity contribution < 1.29 is 9.53 Å². The van der Waals surface area contributed by atoms with Gasteiger partial charge >= 0.3 is 0 Å². The molecule has 2 aromatic rings. The minimum absolute atomic E-state index is 0.0457. The van der Waals surface area contributed by atoms with E-state index >= 15 is 0 Å². The molecule has 0 bridgehead atoms. The van der Waals surface area contributed by atoms with Gasteiger partial charge in [0.25, 0.3) is 0 Å². The van der Waals surface area contributed by atoms with E-state index in [4.69, 9.17) is 4.74 Å². The van der Waals surface area contributed by atoms with Crippen molar-refractivity contribution in [2.24, 2.45) is 0 Å². The van der Waals surface area contributed by atoms with Crippen molar-refractivity contribution in [3.05, 3.63) is 57.8 Å². The van der Waals surface area contributed by atoms with Crippen molar-refractivity contribution in [2.45, 2.75) is 50.9 Å². The lowest BCUT2D eigenvalue weighted by molar-refractivity contribution is -0.148. The van der Waals surface area contributed by atoms with E-state index in [-0.39, 0.29) is 17.5 Å². The van der Waals surface area contributed by atoms with Gasteiger partial charge in [-0.25, -0.2) is 0 Å². The molecule has 1 atom stereocenters. The predicted octanol–water partition coefficient (Wildman–Crippen LogP) is 4.16. The maximum absolute atomic E-state index is 11.6. The Labute approximate surface area is 153 Å². The standard InChI is InChI=1S/C21H25NO2S/c1-16(23)13-18-14-20-19(7-12-25-20)21(24-18)8-10-22(11-9-21)15-17-5-3-2-4-6-17/h2-7,12,18H,8-11,13-15H2,1H3/t18-/m0/s1. The highest BCUT2D eigenvalue weighted by Crippen LogP contribution is 2.45. The molecule has 0 N–H and O–H groups in total. The topological polar surface area (TPSA) is 29.5 Å². The van der Waals surface area contributed by atoms with Crippen LogP contribution in [0.2, 0.25) is 0 Å². The summed E-state index contributed by atoms with van der Waals surface area (Å²) in [4.78, 5) is 15.5. The number of carbonyl (C=O) groups excluding carboxylic acids is 1. The lowest BCUT2D eigenvalue weighted by atomic mass is 9.81. The molecule has 3 nitrogen and oxygen atoms in total. The van der Waals surface area contributed by atoms with Crippen LogP contribution >= 0.6 is 11.3 Å². The molecule has 25 heavy (non-hydrogen) atoms. The largest absolute Gasteiger partial charge is 0.366 e. The molecule has 1 aromatic carbocycles. The van der Waals surface area contributed by atoms with Gasteiger partial charge in [0.15, 0.2) is 0 Å². The molecular formula is C21H25NO2S. The van der Waals surface area contributed by atoms with Gasteiger partial charge in [-0.1, -0.05) is 30.3 Å². The van der Waals surface area contributed by atoms with Crippen molar-refractivity contribution >= 4 is 17.1 Å². The molecule has 0 radical (unpaired) electrons. The number of hydrogen-bond acceptors (Lipinski definition) is 4. The minimum atomic E-state index is -0.180. The second-order valence-corrected chi connectivity index (χ2v) is 8.36. The van der Waals surface area contributed by atoms with Gasteiger partial charge in [-0.05, 0) is 42.3 Å². The van der Waals surface area contributed by atoms with Crippen LogP contribution in [0, 0.1) is 0 Å². The minimum Gasteiger partial charge on any atom is -0.366 e. The Kier molecular flexibility index (Phi) is 4.76. The highest BCUT2D eigenvalue weighted by molar-refractivity contribution is 7.10. The summed E-state index contributed by atoms with van der Waals surface area (Å²) in [7, 11) is 0. The molecule has 4 rings (SSSR count). The fourth-order valence-electron chi connectivity index (χ4n) is 4.27. The van der Waals surface area contributed by atoms with Crippen LogP contribution in [-0.2, 0) is 28.1 Å². The first-order chi connectivity index (χ1) is 12.1. The molecule has 0 unspecified atom stereocenters. The van der Waals surface area contributed by atoms with E-state index in [2.05, 4.69) is 46.7 Å². The zero-order chi connectivity index (χ0) is 17.3. The molecule has 3 heterocycles. The van der Waals surface area contributed by atoms with Crippen molar-refractivity contribution in [3.63, 3.8) is 0 Å². The van der Waals surface area contributed by atoms with E-state index in [0.717, 1.165) is 38.9 Å². The average molecular weight is 356 g/mol. The summed E-state index contributed by atoms with van der Waals surface area (Å²) >= 11 is 1.82. The van der Waals surface area contributed by atoms with Gasteiger partial charge in [-0.15, -0.1) is 11.3 Å².